The molecule has 0 aliphatic heterocycles. The largest absolute Gasteiger partial charge is 0.494 e. The van der Waals surface area contributed by atoms with Crippen molar-refractivity contribution in [2.24, 2.45) is 10.1 Å². The van der Waals surface area contributed by atoms with E-state index in [2.05, 4.69) is 54.7 Å². The average Bonchev–Trinajstić information content (AvgIpc) is 3.24. The van der Waals surface area contributed by atoms with Crippen molar-refractivity contribution in [1.29, 1.82) is 0 Å². The summed E-state index contributed by atoms with van der Waals surface area (Å²) in [7, 11) is 0. The number of nitrogens with zero attached hydrogens (tertiary/aromatic N) is 3. The number of amidine groups is 1. The zero-order valence-corrected chi connectivity index (χ0v) is 19.3. The zero-order chi connectivity index (χ0) is 22.3. The molecule has 4 aromatic rings. The molecule has 3 aromatic carbocycles. The molecule has 6 heteroatoms. The molecule has 0 aliphatic rings. The molecule has 0 saturated carbocycles. The van der Waals surface area contributed by atoms with E-state index in [1.54, 1.807) is 17.6 Å². The highest BCUT2D eigenvalue weighted by molar-refractivity contribution is 7.20. The lowest BCUT2D eigenvalue weighted by Crippen LogP contribution is -2.18. The van der Waals surface area contributed by atoms with Gasteiger partial charge in [0.15, 0.2) is 10.8 Å². The Bertz CT molecular complexity index is 1190. The van der Waals surface area contributed by atoms with Gasteiger partial charge in [0.05, 0.1) is 28.7 Å². The smallest absolute Gasteiger partial charge is 0.183 e. The summed E-state index contributed by atoms with van der Waals surface area (Å²) in [6.45, 7) is 6.97. The molecule has 0 bridgehead atoms. The monoisotopic (exact) mass is 442 g/mol. The molecule has 4 rings (SSSR count). The van der Waals surface area contributed by atoms with Crippen LogP contribution >= 0.6 is 11.3 Å². The number of aromatic nitrogens is 1. The van der Waals surface area contributed by atoms with Crippen molar-refractivity contribution < 1.29 is 4.74 Å². The van der Waals surface area contributed by atoms with Crippen molar-refractivity contribution >= 4 is 39.3 Å². The van der Waals surface area contributed by atoms with Gasteiger partial charge in [-0.3, -0.25) is 5.43 Å². The number of hydrogen-bond donors (Lipinski definition) is 1. The van der Waals surface area contributed by atoms with Gasteiger partial charge in [-0.25, -0.2) is 9.98 Å². The van der Waals surface area contributed by atoms with Crippen LogP contribution in [0, 0.1) is 0 Å². The van der Waals surface area contributed by atoms with E-state index < -0.39 is 0 Å². The number of ether oxygens (including phenoxy) is 1. The fourth-order valence-electron chi connectivity index (χ4n) is 3.14. The summed E-state index contributed by atoms with van der Waals surface area (Å²) in [5.41, 5.74) is 7.18. The molecule has 0 atom stereocenters. The van der Waals surface area contributed by atoms with E-state index in [1.165, 1.54) is 5.56 Å². The maximum Gasteiger partial charge on any atom is 0.183 e. The summed E-state index contributed by atoms with van der Waals surface area (Å²) < 4.78 is 6.64. The van der Waals surface area contributed by atoms with Crippen LogP contribution in [0.3, 0.4) is 0 Å². The van der Waals surface area contributed by atoms with Crippen LogP contribution in [-0.4, -0.2) is 23.6 Å². The summed E-state index contributed by atoms with van der Waals surface area (Å²) in [4.78, 5) is 9.52. The van der Waals surface area contributed by atoms with Gasteiger partial charge in [0.25, 0.3) is 0 Å². The third kappa shape index (κ3) is 5.39. The van der Waals surface area contributed by atoms with Gasteiger partial charge in [-0.2, -0.15) is 5.10 Å². The molecule has 0 spiro atoms. The van der Waals surface area contributed by atoms with Crippen LogP contribution in [-0.2, 0) is 0 Å². The molecule has 5 nitrogen and oxygen atoms in total. The van der Waals surface area contributed by atoms with Gasteiger partial charge < -0.3 is 4.74 Å². The Labute approximate surface area is 192 Å². The maximum atomic E-state index is 5.53. The fourth-order valence-corrected chi connectivity index (χ4v) is 4.05. The number of thiazole rings is 1. The molecule has 0 aliphatic carbocycles. The Morgan fingerprint density at radius 1 is 1.03 bits per heavy atom. The SMILES string of the molecule is CCOc1ccc(N=C(NN=Cc2ccc(C(C)C)cc2)c2nc3ccccc3s2)cc1. The first-order chi connectivity index (χ1) is 15.6. The second-order valence-electron chi connectivity index (χ2n) is 7.57. The lowest BCUT2D eigenvalue weighted by molar-refractivity contribution is 0.340. The summed E-state index contributed by atoms with van der Waals surface area (Å²) in [6, 6.07) is 24.2. The van der Waals surface area contributed by atoms with Crippen LogP contribution < -0.4 is 10.2 Å². The number of fused-ring (bicyclic) bond motifs is 1. The topological polar surface area (TPSA) is 58.9 Å². The number of benzene rings is 3. The Morgan fingerprint density at radius 2 is 1.78 bits per heavy atom. The Balaban J connectivity index is 1.60. The standard InChI is InChI=1S/C26H26N4OS/c1-4-31-22-15-13-21(14-16-22)28-25(26-29-23-7-5-6-8-24(23)32-26)30-27-17-19-9-11-20(12-10-19)18(2)3/h5-18H,4H2,1-3H3,(H,28,30). The number of nitrogens with one attached hydrogen (secondary N) is 1. The average molecular weight is 443 g/mol. The minimum absolute atomic E-state index is 0.506. The van der Waals surface area contributed by atoms with Crippen LogP contribution in [0.4, 0.5) is 5.69 Å². The van der Waals surface area contributed by atoms with Gasteiger partial charge in [0.2, 0.25) is 0 Å². The molecule has 32 heavy (non-hydrogen) atoms. The Morgan fingerprint density at radius 3 is 2.47 bits per heavy atom. The second-order valence-corrected chi connectivity index (χ2v) is 8.60. The molecule has 162 valence electrons. The molecule has 0 radical (unpaired) electrons. The van der Waals surface area contributed by atoms with Crippen molar-refractivity contribution in [2.45, 2.75) is 26.7 Å². The summed E-state index contributed by atoms with van der Waals surface area (Å²) in [5, 5.41) is 5.23. The van der Waals surface area contributed by atoms with Crippen molar-refractivity contribution in [3.63, 3.8) is 0 Å². The van der Waals surface area contributed by atoms with Crippen molar-refractivity contribution in [2.75, 3.05) is 6.61 Å². The van der Waals surface area contributed by atoms with E-state index in [1.807, 2.05) is 49.4 Å². The summed E-state index contributed by atoms with van der Waals surface area (Å²) >= 11 is 1.58. The summed E-state index contributed by atoms with van der Waals surface area (Å²) in [5.74, 6) is 1.93. The third-order valence-corrected chi connectivity index (χ3v) is 5.92. The van der Waals surface area contributed by atoms with Gasteiger partial charge in [-0.1, -0.05) is 50.2 Å². The molecular formula is C26H26N4OS. The maximum absolute atomic E-state index is 5.53. The molecule has 0 unspecified atom stereocenters. The highest BCUT2D eigenvalue weighted by Gasteiger charge is 2.10. The molecule has 0 saturated heterocycles. The van der Waals surface area contributed by atoms with Crippen LogP contribution in [0.15, 0.2) is 82.9 Å². The van der Waals surface area contributed by atoms with Crippen LogP contribution in [0.1, 0.15) is 42.8 Å². The second kappa shape index (κ2) is 10.2. The van der Waals surface area contributed by atoms with Gasteiger partial charge in [-0.15, -0.1) is 11.3 Å². The highest BCUT2D eigenvalue weighted by atomic mass is 32.1. The minimum Gasteiger partial charge on any atom is -0.494 e. The van der Waals surface area contributed by atoms with E-state index in [0.717, 1.165) is 32.2 Å². The quantitative estimate of drug-likeness (QED) is 0.201. The van der Waals surface area contributed by atoms with E-state index in [-0.39, 0.29) is 0 Å². The highest BCUT2D eigenvalue weighted by Crippen LogP contribution is 2.24. The van der Waals surface area contributed by atoms with Crippen molar-refractivity contribution in [3.8, 4) is 5.75 Å². The normalized spacial score (nSPS) is 12.1. The van der Waals surface area contributed by atoms with Gasteiger partial charge in [0, 0.05) is 0 Å². The molecule has 1 aromatic heterocycles. The molecule has 0 amide bonds. The number of aliphatic imine (C=N–C) groups is 1. The first-order valence-corrected chi connectivity index (χ1v) is 11.5. The van der Waals surface area contributed by atoms with E-state index in [9.17, 15) is 0 Å². The number of hydrogen-bond acceptors (Lipinski definition) is 5. The lowest BCUT2D eigenvalue weighted by atomic mass is 10.0. The lowest BCUT2D eigenvalue weighted by Gasteiger charge is -2.06. The summed E-state index contributed by atoms with van der Waals surface area (Å²) in [6.07, 6.45) is 1.80. The minimum atomic E-state index is 0.506. The first-order valence-electron chi connectivity index (χ1n) is 10.7. The van der Waals surface area contributed by atoms with Crippen LogP contribution in [0.2, 0.25) is 0 Å². The molecule has 1 heterocycles. The zero-order valence-electron chi connectivity index (χ0n) is 18.4. The van der Waals surface area contributed by atoms with Crippen molar-refractivity contribution in [3.05, 3.63) is 88.9 Å². The van der Waals surface area contributed by atoms with E-state index in [4.69, 9.17) is 14.7 Å². The Hall–Kier alpha value is -3.51. The third-order valence-electron chi connectivity index (χ3n) is 4.87. The number of rotatable bonds is 7. The van der Waals surface area contributed by atoms with Gasteiger partial charge in [-0.05, 0) is 60.4 Å². The molecular weight excluding hydrogens is 416 g/mol. The van der Waals surface area contributed by atoms with E-state index in [0.29, 0.717) is 18.4 Å². The fraction of sp³-hybridized carbons (Fsp3) is 0.192. The number of hydrazone groups is 1. The van der Waals surface area contributed by atoms with Gasteiger partial charge in [0.1, 0.15) is 5.75 Å². The van der Waals surface area contributed by atoms with Crippen molar-refractivity contribution in [1.82, 2.24) is 10.4 Å². The molecule has 1 N–H and O–H groups in total. The Kier molecular flexibility index (Phi) is 6.92. The van der Waals surface area contributed by atoms with Crippen LogP contribution in [0.5, 0.6) is 5.75 Å². The van der Waals surface area contributed by atoms with Gasteiger partial charge >= 0.3 is 0 Å². The molecule has 0 fully saturated rings. The van der Waals surface area contributed by atoms with E-state index >= 15 is 0 Å². The number of para-hydroxylation sites is 1. The predicted octanol–water partition coefficient (Wildman–Crippen LogP) is 6.52. The predicted molar refractivity (Wildman–Crippen MR) is 135 cm³/mol. The first kappa shape index (κ1) is 21.7. The van der Waals surface area contributed by atoms with Crippen LogP contribution in [0.25, 0.3) is 10.2 Å².